The Morgan fingerprint density at radius 1 is 1.22 bits per heavy atom. The van der Waals surface area contributed by atoms with Crippen LogP contribution >= 0.6 is 0 Å². The highest BCUT2D eigenvalue weighted by Gasteiger charge is 2.58. The molecular weight excluding hydrogens is 238 g/mol. The first-order valence-electron chi connectivity index (χ1n) is 6.04. The SMILES string of the molecule is COC(=O)[C@H]1[C@H]2CCC(C)(C)N2O[C@H]1C(=O)OC. The zero-order chi connectivity index (χ0) is 13.5. The third-order valence-electron chi connectivity index (χ3n) is 3.82. The van der Waals surface area contributed by atoms with Crippen LogP contribution in [0.2, 0.25) is 0 Å². The lowest BCUT2D eigenvalue weighted by atomic mass is 9.93. The molecule has 6 nitrogen and oxygen atoms in total. The minimum absolute atomic E-state index is 0.114. The first-order valence-corrected chi connectivity index (χ1v) is 6.04. The van der Waals surface area contributed by atoms with E-state index >= 15 is 0 Å². The summed E-state index contributed by atoms with van der Waals surface area (Å²) >= 11 is 0. The standard InChI is InChI=1S/C12H19NO5/c1-12(2)6-5-7-8(10(14)16-3)9(11(15)17-4)18-13(7)12/h7-9H,5-6H2,1-4H3/t7-,8+,9-/m1/s1. The van der Waals surface area contributed by atoms with E-state index in [-0.39, 0.29) is 11.6 Å². The number of hydrogen-bond donors (Lipinski definition) is 0. The second-order valence-corrected chi connectivity index (χ2v) is 5.34. The Hall–Kier alpha value is -1.14. The van der Waals surface area contributed by atoms with Crippen molar-refractivity contribution in [1.82, 2.24) is 5.06 Å². The second kappa shape index (κ2) is 4.51. The summed E-state index contributed by atoms with van der Waals surface area (Å²) in [6.07, 6.45) is 0.825. The molecule has 0 radical (unpaired) electrons. The Labute approximate surface area is 106 Å². The Balaban J connectivity index is 2.28. The summed E-state index contributed by atoms with van der Waals surface area (Å²) in [7, 11) is 2.61. The molecule has 0 aliphatic carbocycles. The van der Waals surface area contributed by atoms with E-state index < -0.39 is 24.0 Å². The van der Waals surface area contributed by atoms with Crippen LogP contribution in [0, 0.1) is 5.92 Å². The molecule has 0 aromatic carbocycles. The van der Waals surface area contributed by atoms with Gasteiger partial charge < -0.3 is 9.47 Å². The number of rotatable bonds is 2. The maximum absolute atomic E-state index is 11.9. The lowest BCUT2D eigenvalue weighted by Gasteiger charge is -2.29. The number of fused-ring (bicyclic) bond motifs is 1. The van der Waals surface area contributed by atoms with E-state index in [2.05, 4.69) is 0 Å². The lowest BCUT2D eigenvalue weighted by Crippen LogP contribution is -2.40. The van der Waals surface area contributed by atoms with E-state index in [1.54, 1.807) is 5.06 Å². The summed E-state index contributed by atoms with van der Waals surface area (Å²) in [5.41, 5.74) is -0.181. The highest BCUT2D eigenvalue weighted by atomic mass is 16.7. The first-order chi connectivity index (χ1) is 8.42. The third kappa shape index (κ3) is 1.89. The lowest BCUT2D eigenvalue weighted by molar-refractivity contribution is -0.209. The van der Waals surface area contributed by atoms with Gasteiger partial charge in [0.05, 0.1) is 20.3 Å². The highest BCUT2D eigenvalue weighted by molar-refractivity contribution is 5.85. The van der Waals surface area contributed by atoms with E-state index in [4.69, 9.17) is 14.3 Å². The van der Waals surface area contributed by atoms with Crippen LogP contribution in [0.25, 0.3) is 0 Å². The molecule has 2 fully saturated rings. The van der Waals surface area contributed by atoms with Crippen LogP contribution in [-0.2, 0) is 23.9 Å². The number of hydrogen-bond acceptors (Lipinski definition) is 6. The Morgan fingerprint density at radius 3 is 2.39 bits per heavy atom. The molecule has 0 amide bonds. The van der Waals surface area contributed by atoms with Gasteiger partial charge in [-0.25, -0.2) is 4.79 Å². The number of nitrogens with zero attached hydrogens (tertiary/aromatic N) is 1. The summed E-state index contributed by atoms with van der Waals surface area (Å²) < 4.78 is 9.48. The number of esters is 2. The van der Waals surface area contributed by atoms with Crippen LogP contribution in [0.15, 0.2) is 0 Å². The summed E-state index contributed by atoms with van der Waals surface area (Å²) in [5, 5.41) is 1.76. The van der Waals surface area contributed by atoms with Crippen LogP contribution in [0.5, 0.6) is 0 Å². The van der Waals surface area contributed by atoms with Crippen LogP contribution < -0.4 is 0 Å². The van der Waals surface area contributed by atoms with E-state index in [0.29, 0.717) is 0 Å². The fraction of sp³-hybridized carbons (Fsp3) is 0.833. The molecule has 0 spiro atoms. The van der Waals surface area contributed by atoms with Crippen molar-refractivity contribution in [2.24, 2.45) is 5.92 Å². The number of methoxy groups -OCH3 is 2. The Bertz CT molecular complexity index is 367. The van der Waals surface area contributed by atoms with Crippen LogP contribution in [0.1, 0.15) is 26.7 Å². The zero-order valence-corrected chi connectivity index (χ0v) is 11.1. The van der Waals surface area contributed by atoms with Gasteiger partial charge in [0.25, 0.3) is 0 Å². The molecule has 0 saturated carbocycles. The normalized spacial score (nSPS) is 34.1. The molecule has 6 heteroatoms. The minimum atomic E-state index is -0.896. The molecule has 18 heavy (non-hydrogen) atoms. The quantitative estimate of drug-likeness (QED) is 0.671. The Kier molecular flexibility index (Phi) is 3.33. The minimum Gasteiger partial charge on any atom is -0.469 e. The van der Waals surface area contributed by atoms with Crippen molar-refractivity contribution in [2.45, 2.75) is 44.4 Å². The fourth-order valence-corrected chi connectivity index (χ4v) is 2.84. The smallest absolute Gasteiger partial charge is 0.338 e. The van der Waals surface area contributed by atoms with Crippen LogP contribution in [0.4, 0.5) is 0 Å². The molecule has 102 valence electrons. The molecule has 0 bridgehead atoms. The van der Waals surface area contributed by atoms with Gasteiger partial charge in [0.2, 0.25) is 0 Å². The van der Waals surface area contributed by atoms with Gasteiger partial charge >= 0.3 is 11.9 Å². The van der Waals surface area contributed by atoms with E-state index in [9.17, 15) is 9.59 Å². The van der Waals surface area contributed by atoms with Crippen molar-refractivity contribution in [1.29, 1.82) is 0 Å². The molecule has 2 heterocycles. The second-order valence-electron chi connectivity index (χ2n) is 5.34. The maximum atomic E-state index is 11.9. The van der Waals surface area contributed by atoms with Gasteiger partial charge in [0, 0.05) is 5.54 Å². The number of hydroxylamine groups is 2. The van der Waals surface area contributed by atoms with E-state index in [0.717, 1.165) is 12.8 Å². The zero-order valence-electron chi connectivity index (χ0n) is 11.1. The van der Waals surface area contributed by atoms with E-state index in [1.807, 2.05) is 13.8 Å². The maximum Gasteiger partial charge on any atom is 0.338 e. The largest absolute Gasteiger partial charge is 0.469 e. The molecule has 2 rings (SSSR count). The number of carbonyl (C=O) groups excluding carboxylic acids is 2. The van der Waals surface area contributed by atoms with Crippen molar-refractivity contribution in [3.63, 3.8) is 0 Å². The van der Waals surface area contributed by atoms with Crippen LogP contribution in [0.3, 0.4) is 0 Å². The van der Waals surface area contributed by atoms with Gasteiger partial charge in [-0.3, -0.25) is 9.63 Å². The van der Waals surface area contributed by atoms with Gasteiger partial charge in [-0.2, -0.15) is 5.06 Å². The fourth-order valence-electron chi connectivity index (χ4n) is 2.84. The van der Waals surface area contributed by atoms with E-state index in [1.165, 1.54) is 14.2 Å². The monoisotopic (exact) mass is 257 g/mol. The molecule has 0 unspecified atom stereocenters. The molecule has 2 aliphatic heterocycles. The third-order valence-corrected chi connectivity index (χ3v) is 3.82. The Morgan fingerprint density at radius 2 is 1.83 bits per heavy atom. The van der Waals surface area contributed by atoms with Gasteiger partial charge in [0.15, 0.2) is 6.10 Å². The average molecular weight is 257 g/mol. The predicted molar refractivity (Wildman–Crippen MR) is 61.3 cm³/mol. The topological polar surface area (TPSA) is 65.1 Å². The summed E-state index contributed by atoms with van der Waals surface area (Å²) in [5.74, 6) is -1.56. The first kappa shape index (κ1) is 13.3. The molecule has 0 aromatic rings. The van der Waals surface area contributed by atoms with Gasteiger partial charge in [-0.05, 0) is 26.7 Å². The molecule has 0 aromatic heterocycles. The summed E-state index contributed by atoms with van der Waals surface area (Å²) in [4.78, 5) is 29.2. The van der Waals surface area contributed by atoms with Gasteiger partial charge in [-0.15, -0.1) is 0 Å². The van der Waals surface area contributed by atoms with Crippen molar-refractivity contribution in [3.8, 4) is 0 Å². The van der Waals surface area contributed by atoms with Crippen LogP contribution in [-0.4, -0.2) is 48.9 Å². The van der Waals surface area contributed by atoms with Crippen molar-refractivity contribution >= 4 is 11.9 Å². The predicted octanol–water partition coefficient (Wildman–Crippen LogP) is 0.505. The van der Waals surface area contributed by atoms with Crippen molar-refractivity contribution in [3.05, 3.63) is 0 Å². The summed E-state index contributed by atoms with van der Waals surface area (Å²) in [6, 6.07) is -0.114. The molecule has 0 N–H and O–H groups in total. The highest BCUT2D eigenvalue weighted by Crippen LogP contribution is 2.44. The average Bonchev–Trinajstić information content (AvgIpc) is 2.86. The van der Waals surface area contributed by atoms with Crippen molar-refractivity contribution < 1.29 is 23.9 Å². The van der Waals surface area contributed by atoms with Gasteiger partial charge in [0.1, 0.15) is 5.92 Å². The molecule has 2 saturated heterocycles. The number of carbonyl (C=O) groups is 2. The number of ether oxygens (including phenoxy) is 2. The molecule has 3 atom stereocenters. The summed E-state index contributed by atoms with van der Waals surface area (Å²) in [6.45, 7) is 4.06. The molecule has 2 aliphatic rings. The van der Waals surface area contributed by atoms with Crippen molar-refractivity contribution in [2.75, 3.05) is 14.2 Å². The van der Waals surface area contributed by atoms with Gasteiger partial charge in [-0.1, -0.05) is 0 Å². The molecular formula is C12H19NO5.